The maximum atomic E-state index is 12.6. The van der Waals surface area contributed by atoms with E-state index in [-0.39, 0.29) is 12.0 Å². The van der Waals surface area contributed by atoms with E-state index in [1.807, 2.05) is 6.07 Å². The monoisotopic (exact) mass is 339 g/mol. The molecule has 4 rings (SSSR count). The van der Waals surface area contributed by atoms with Crippen LogP contribution in [0.1, 0.15) is 23.3 Å². The lowest BCUT2D eigenvalue weighted by Gasteiger charge is -2.31. The molecule has 0 unspecified atom stereocenters. The van der Waals surface area contributed by atoms with Gasteiger partial charge in [0.25, 0.3) is 5.91 Å². The fraction of sp³-hybridized carbons (Fsp3) is 0.294. The van der Waals surface area contributed by atoms with Crippen molar-refractivity contribution < 1.29 is 13.9 Å². The fourth-order valence-electron chi connectivity index (χ4n) is 2.82. The molecule has 0 spiro atoms. The second-order valence-electron chi connectivity index (χ2n) is 5.78. The van der Waals surface area contributed by atoms with Gasteiger partial charge >= 0.3 is 6.01 Å². The van der Waals surface area contributed by atoms with Gasteiger partial charge in [0, 0.05) is 44.4 Å². The molecule has 1 amide bonds. The molecule has 8 heteroatoms. The SMILES string of the molecule is O=C(c1cc(-c2ccco2)[nH]n1)N1CCC(Oc2ncccn2)CC1. The van der Waals surface area contributed by atoms with Crippen LogP contribution in [0, 0.1) is 0 Å². The summed E-state index contributed by atoms with van der Waals surface area (Å²) in [5.41, 5.74) is 1.07. The van der Waals surface area contributed by atoms with Crippen LogP contribution in [-0.2, 0) is 0 Å². The van der Waals surface area contributed by atoms with Crippen LogP contribution in [0.4, 0.5) is 0 Å². The van der Waals surface area contributed by atoms with Crippen LogP contribution in [0.5, 0.6) is 6.01 Å². The highest BCUT2D eigenvalue weighted by Crippen LogP contribution is 2.20. The minimum absolute atomic E-state index is 0.0179. The van der Waals surface area contributed by atoms with Gasteiger partial charge in [-0.3, -0.25) is 9.89 Å². The lowest BCUT2D eigenvalue weighted by atomic mass is 10.1. The topological polar surface area (TPSA) is 97.1 Å². The fourth-order valence-corrected chi connectivity index (χ4v) is 2.82. The van der Waals surface area contributed by atoms with E-state index in [0.29, 0.717) is 36.2 Å². The van der Waals surface area contributed by atoms with Crippen LogP contribution < -0.4 is 4.74 Å². The quantitative estimate of drug-likeness (QED) is 0.782. The standard InChI is InChI=1S/C17H17N5O3/c23-16(14-11-13(20-21-14)15-3-1-10-24-15)22-8-4-12(5-9-22)25-17-18-6-2-7-19-17/h1-3,6-7,10-12H,4-5,8-9H2,(H,20,21). The molecule has 0 saturated carbocycles. The van der Waals surface area contributed by atoms with E-state index in [0.717, 1.165) is 12.8 Å². The van der Waals surface area contributed by atoms with E-state index in [1.54, 1.807) is 41.8 Å². The largest absolute Gasteiger partial charge is 0.463 e. The van der Waals surface area contributed by atoms with Gasteiger partial charge in [-0.15, -0.1) is 0 Å². The molecule has 25 heavy (non-hydrogen) atoms. The van der Waals surface area contributed by atoms with E-state index in [4.69, 9.17) is 9.15 Å². The number of rotatable bonds is 4. The van der Waals surface area contributed by atoms with Crippen molar-refractivity contribution in [3.63, 3.8) is 0 Å². The van der Waals surface area contributed by atoms with Crippen LogP contribution in [0.15, 0.2) is 47.3 Å². The third-order valence-electron chi connectivity index (χ3n) is 4.13. The molecule has 0 bridgehead atoms. The van der Waals surface area contributed by atoms with Crippen molar-refractivity contribution in [2.24, 2.45) is 0 Å². The molecule has 1 saturated heterocycles. The van der Waals surface area contributed by atoms with Gasteiger partial charge in [0.15, 0.2) is 11.5 Å². The van der Waals surface area contributed by atoms with Crippen molar-refractivity contribution in [1.29, 1.82) is 0 Å². The van der Waals surface area contributed by atoms with Gasteiger partial charge in [-0.2, -0.15) is 5.10 Å². The van der Waals surface area contributed by atoms with Gasteiger partial charge < -0.3 is 14.1 Å². The van der Waals surface area contributed by atoms with Crippen molar-refractivity contribution in [3.8, 4) is 17.5 Å². The number of carbonyl (C=O) groups is 1. The van der Waals surface area contributed by atoms with Crippen molar-refractivity contribution in [1.82, 2.24) is 25.1 Å². The number of hydrogen-bond donors (Lipinski definition) is 1. The van der Waals surface area contributed by atoms with Gasteiger partial charge in [0.2, 0.25) is 0 Å². The highest BCUT2D eigenvalue weighted by Gasteiger charge is 2.26. The van der Waals surface area contributed by atoms with Crippen molar-refractivity contribution in [2.45, 2.75) is 18.9 Å². The maximum Gasteiger partial charge on any atom is 0.316 e. The Kier molecular flexibility index (Phi) is 4.16. The Morgan fingerprint density at radius 3 is 2.76 bits per heavy atom. The second kappa shape index (κ2) is 6.76. The van der Waals surface area contributed by atoms with Crippen LogP contribution in [0.25, 0.3) is 11.5 Å². The van der Waals surface area contributed by atoms with E-state index in [9.17, 15) is 4.79 Å². The first-order valence-corrected chi connectivity index (χ1v) is 8.12. The number of amides is 1. The lowest BCUT2D eigenvalue weighted by molar-refractivity contribution is 0.0573. The Bertz CT molecular complexity index is 823. The number of hydrogen-bond acceptors (Lipinski definition) is 6. The summed E-state index contributed by atoms with van der Waals surface area (Å²) in [4.78, 5) is 22.5. The molecule has 1 aliphatic heterocycles. The molecule has 0 radical (unpaired) electrons. The minimum atomic E-state index is -0.0940. The molecular formula is C17H17N5O3. The highest BCUT2D eigenvalue weighted by molar-refractivity contribution is 5.93. The van der Waals surface area contributed by atoms with Gasteiger partial charge in [-0.05, 0) is 18.2 Å². The average molecular weight is 339 g/mol. The number of nitrogens with zero attached hydrogens (tertiary/aromatic N) is 4. The summed E-state index contributed by atoms with van der Waals surface area (Å²) in [5, 5.41) is 6.94. The van der Waals surface area contributed by atoms with E-state index in [2.05, 4.69) is 20.2 Å². The molecule has 0 aliphatic carbocycles. The predicted octanol–water partition coefficient (Wildman–Crippen LogP) is 2.14. The van der Waals surface area contributed by atoms with Crippen LogP contribution >= 0.6 is 0 Å². The molecule has 3 aromatic rings. The van der Waals surface area contributed by atoms with E-state index in [1.165, 1.54) is 0 Å². The summed E-state index contributed by atoms with van der Waals surface area (Å²) in [6.45, 7) is 1.22. The number of H-pyrrole nitrogens is 1. The Balaban J connectivity index is 1.35. The zero-order chi connectivity index (χ0) is 17.1. The first kappa shape index (κ1) is 15.4. The van der Waals surface area contributed by atoms with Gasteiger partial charge in [0.1, 0.15) is 11.8 Å². The predicted molar refractivity (Wildman–Crippen MR) is 87.9 cm³/mol. The summed E-state index contributed by atoms with van der Waals surface area (Å²) in [7, 11) is 0. The third kappa shape index (κ3) is 3.37. The number of furan rings is 1. The molecule has 0 atom stereocenters. The van der Waals surface area contributed by atoms with Crippen LogP contribution in [-0.4, -0.2) is 50.2 Å². The number of piperidine rings is 1. The molecule has 1 aliphatic rings. The van der Waals surface area contributed by atoms with Gasteiger partial charge in [-0.25, -0.2) is 9.97 Å². The van der Waals surface area contributed by atoms with Gasteiger partial charge in [-0.1, -0.05) is 0 Å². The Labute approximate surface area is 143 Å². The average Bonchev–Trinajstić information content (AvgIpc) is 3.34. The molecule has 4 heterocycles. The smallest absolute Gasteiger partial charge is 0.316 e. The maximum absolute atomic E-state index is 12.6. The third-order valence-corrected chi connectivity index (χ3v) is 4.13. The summed E-state index contributed by atoms with van der Waals surface area (Å²) in [5.74, 6) is 0.560. The Hall–Kier alpha value is -3.16. The number of likely N-dealkylation sites (tertiary alicyclic amines) is 1. The van der Waals surface area contributed by atoms with E-state index >= 15 is 0 Å². The van der Waals surface area contributed by atoms with Crippen LogP contribution in [0.3, 0.4) is 0 Å². The van der Waals surface area contributed by atoms with E-state index < -0.39 is 0 Å². The Morgan fingerprint density at radius 1 is 1.24 bits per heavy atom. The number of aromatic nitrogens is 4. The lowest BCUT2D eigenvalue weighted by Crippen LogP contribution is -2.42. The number of aromatic amines is 1. The second-order valence-corrected chi connectivity index (χ2v) is 5.78. The van der Waals surface area contributed by atoms with Crippen molar-refractivity contribution in [2.75, 3.05) is 13.1 Å². The normalized spacial score (nSPS) is 15.3. The number of carbonyl (C=O) groups excluding carboxylic acids is 1. The summed E-state index contributed by atoms with van der Waals surface area (Å²) in [6.07, 6.45) is 6.37. The zero-order valence-electron chi connectivity index (χ0n) is 13.5. The molecule has 1 N–H and O–H groups in total. The van der Waals surface area contributed by atoms with Crippen LogP contribution in [0.2, 0.25) is 0 Å². The summed E-state index contributed by atoms with van der Waals surface area (Å²) < 4.78 is 11.1. The zero-order valence-corrected chi connectivity index (χ0v) is 13.5. The summed E-state index contributed by atoms with van der Waals surface area (Å²) >= 11 is 0. The molecule has 8 nitrogen and oxygen atoms in total. The van der Waals surface area contributed by atoms with Crippen molar-refractivity contribution >= 4 is 5.91 Å². The van der Waals surface area contributed by atoms with Gasteiger partial charge in [0.05, 0.1) is 6.26 Å². The molecular weight excluding hydrogens is 322 g/mol. The molecule has 128 valence electrons. The number of nitrogens with one attached hydrogen (secondary N) is 1. The molecule has 0 aromatic carbocycles. The molecule has 3 aromatic heterocycles. The number of ether oxygens (including phenoxy) is 1. The first-order valence-electron chi connectivity index (χ1n) is 8.12. The Morgan fingerprint density at radius 2 is 2.04 bits per heavy atom. The highest BCUT2D eigenvalue weighted by atomic mass is 16.5. The molecule has 1 fully saturated rings. The van der Waals surface area contributed by atoms with Crippen molar-refractivity contribution in [3.05, 3.63) is 48.6 Å². The summed E-state index contributed by atoms with van der Waals surface area (Å²) in [6, 6.07) is 7.44. The first-order chi connectivity index (χ1) is 12.3. The minimum Gasteiger partial charge on any atom is -0.463 e.